The third-order valence-electron chi connectivity index (χ3n) is 11.5. The molecule has 3 aromatic rings. The zero-order chi connectivity index (χ0) is 38.5. The Labute approximate surface area is 322 Å². The van der Waals surface area contributed by atoms with E-state index < -0.39 is 6.04 Å². The number of piperidine rings is 2. The largest absolute Gasteiger partial charge is 0.507 e. The SMILES string of the molecule is N/C(=C\C(=C(/N)[NH3+])C1CC(Oc2cccc(N3CCN(C(=O)CN4CCC(c5ccc(NC6CCC(=O)NC6=O)cc5)CC4)CC3)c2)C1)c1ccccc1O. The van der Waals surface area contributed by atoms with Crippen molar-refractivity contribution in [3.8, 4) is 11.5 Å². The van der Waals surface area contributed by atoms with Crippen molar-refractivity contribution in [3.05, 3.63) is 101 Å². The maximum absolute atomic E-state index is 13.3. The Morgan fingerprint density at radius 3 is 2.35 bits per heavy atom. The van der Waals surface area contributed by atoms with Crippen LogP contribution in [0, 0.1) is 5.92 Å². The number of hydrogen-bond donors (Lipinski definition) is 6. The summed E-state index contributed by atoms with van der Waals surface area (Å²) in [5.74, 6) is 1.71. The van der Waals surface area contributed by atoms with Crippen molar-refractivity contribution >= 4 is 34.8 Å². The quantitative estimate of drug-likeness (QED) is 0.125. The average Bonchev–Trinajstić information content (AvgIpc) is 3.17. The Morgan fingerprint density at radius 1 is 0.927 bits per heavy atom. The van der Waals surface area contributed by atoms with Crippen LogP contribution in [0.1, 0.15) is 55.6 Å². The van der Waals surface area contributed by atoms with Crippen molar-refractivity contribution < 1.29 is 30.0 Å². The van der Waals surface area contributed by atoms with Gasteiger partial charge in [0, 0.05) is 66.9 Å². The van der Waals surface area contributed by atoms with E-state index >= 15 is 0 Å². The predicted molar refractivity (Wildman–Crippen MR) is 211 cm³/mol. The van der Waals surface area contributed by atoms with Gasteiger partial charge in [0.1, 0.15) is 17.5 Å². The van der Waals surface area contributed by atoms with Crippen LogP contribution >= 0.6 is 0 Å². The lowest BCUT2D eigenvalue weighted by atomic mass is 9.76. The molecule has 55 heavy (non-hydrogen) atoms. The van der Waals surface area contributed by atoms with Gasteiger partial charge in [-0.3, -0.25) is 24.6 Å². The highest BCUT2D eigenvalue weighted by Gasteiger charge is 2.35. The molecule has 3 heterocycles. The molecule has 3 saturated heterocycles. The summed E-state index contributed by atoms with van der Waals surface area (Å²) in [6, 6.07) is 23.0. The molecule has 1 aliphatic carbocycles. The Hall–Kier alpha value is -5.53. The number of hydrogen-bond acceptors (Lipinski definition) is 10. The van der Waals surface area contributed by atoms with Crippen molar-refractivity contribution in [2.45, 2.75) is 56.6 Å². The number of ether oxygens (including phenoxy) is 1. The zero-order valence-electron chi connectivity index (χ0n) is 31.3. The molecule has 290 valence electrons. The van der Waals surface area contributed by atoms with Gasteiger partial charge in [-0.25, -0.2) is 0 Å². The topological polar surface area (TPSA) is 194 Å². The van der Waals surface area contributed by atoms with Gasteiger partial charge in [-0.1, -0.05) is 30.3 Å². The van der Waals surface area contributed by atoms with Gasteiger partial charge in [-0.05, 0) is 105 Å². The third kappa shape index (κ3) is 9.23. The monoisotopic (exact) mass is 749 g/mol. The summed E-state index contributed by atoms with van der Waals surface area (Å²) in [5.41, 5.74) is 21.6. The normalized spacial score (nSPS) is 23.1. The standard InChI is InChI=1S/C42H52N8O5/c43-36(34-6-1-2-7-38(34)51)25-35(41(44)45)29-22-33(23-29)55-32-5-3-4-31(24-32)49-18-20-50(21-19-49)40(53)26-48-16-14-28(15-17-48)27-8-10-30(11-9-27)46-37-12-13-39(52)47-42(37)54/h1-11,24-25,28-29,33,37,46,51H,12-23,26,43-45H2,(H,47,52,54)/p+1/b36-25-. The Kier molecular flexibility index (Phi) is 11.6. The van der Waals surface area contributed by atoms with Gasteiger partial charge in [0.2, 0.25) is 17.7 Å². The molecule has 13 heteroatoms. The molecule has 3 amide bonds. The summed E-state index contributed by atoms with van der Waals surface area (Å²) in [6.07, 6.45) is 6.28. The molecule has 1 unspecified atom stereocenters. The van der Waals surface area contributed by atoms with Gasteiger partial charge in [0.05, 0.1) is 12.6 Å². The van der Waals surface area contributed by atoms with Crippen LogP contribution in [-0.4, -0.2) is 90.6 Å². The Morgan fingerprint density at radius 2 is 1.65 bits per heavy atom. The first kappa shape index (κ1) is 37.8. The van der Waals surface area contributed by atoms with Gasteiger partial charge in [0.15, 0.2) is 5.82 Å². The van der Waals surface area contributed by atoms with Crippen molar-refractivity contribution in [1.29, 1.82) is 0 Å². The number of allylic oxidation sites excluding steroid dienone is 2. The molecule has 10 N–H and O–H groups in total. The number of imide groups is 1. The summed E-state index contributed by atoms with van der Waals surface area (Å²) in [4.78, 5) is 43.5. The smallest absolute Gasteiger partial charge is 0.249 e. The first-order valence-corrected chi connectivity index (χ1v) is 19.4. The van der Waals surface area contributed by atoms with E-state index in [1.807, 2.05) is 41.3 Å². The van der Waals surface area contributed by atoms with E-state index in [4.69, 9.17) is 16.2 Å². The fraction of sp³-hybridized carbons (Fsp3) is 0.405. The van der Waals surface area contributed by atoms with Gasteiger partial charge < -0.3 is 42.2 Å². The predicted octanol–water partition coefficient (Wildman–Crippen LogP) is 2.71. The molecule has 0 bridgehead atoms. The molecule has 3 aliphatic heterocycles. The number of likely N-dealkylation sites (tertiary alicyclic amines) is 1. The van der Waals surface area contributed by atoms with E-state index in [0.29, 0.717) is 55.5 Å². The number of piperazine rings is 1. The van der Waals surface area contributed by atoms with Gasteiger partial charge in [-0.2, -0.15) is 0 Å². The molecule has 1 saturated carbocycles. The lowest BCUT2D eigenvalue weighted by Crippen LogP contribution is -2.54. The van der Waals surface area contributed by atoms with E-state index in [1.165, 1.54) is 5.56 Å². The van der Waals surface area contributed by atoms with E-state index in [-0.39, 0.29) is 35.5 Å². The van der Waals surface area contributed by atoms with Crippen LogP contribution in [0.4, 0.5) is 11.4 Å². The number of nitrogens with two attached hydrogens (primary N) is 2. The summed E-state index contributed by atoms with van der Waals surface area (Å²) in [6.45, 7) is 5.10. The second-order valence-corrected chi connectivity index (χ2v) is 15.2. The number of rotatable bonds is 11. The summed E-state index contributed by atoms with van der Waals surface area (Å²) in [5, 5.41) is 15.8. The summed E-state index contributed by atoms with van der Waals surface area (Å²) in [7, 11) is 0. The number of anilines is 2. The summed E-state index contributed by atoms with van der Waals surface area (Å²) >= 11 is 0. The molecule has 0 aromatic heterocycles. The Bertz CT molecular complexity index is 1920. The molecular weight excluding hydrogens is 697 g/mol. The highest BCUT2D eigenvalue weighted by molar-refractivity contribution is 6.01. The van der Waals surface area contributed by atoms with Crippen molar-refractivity contribution in [1.82, 2.24) is 15.1 Å². The number of benzene rings is 3. The molecule has 1 atom stereocenters. The number of aromatic hydroxyl groups is 1. The fourth-order valence-electron chi connectivity index (χ4n) is 8.11. The van der Waals surface area contributed by atoms with Crippen LogP contribution in [0.2, 0.25) is 0 Å². The van der Waals surface area contributed by atoms with Crippen LogP contribution in [-0.2, 0) is 14.4 Å². The molecular formula is C42H53N8O5+. The molecule has 7 rings (SSSR count). The van der Waals surface area contributed by atoms with Crippen LogP contribution in [0.5, 0.6) is 11.5 Å². The molecule has 13 nitrogen and oxygen atoms in total. The minimum Gasteiger partial charge on any atom is -0.507 e. The number of phenols is 1. The van der Waals surface area contributed by atoms with E-state index in [9.17, 15) is 19.5 Å². The first-order valence-electron chi connectivity index (χ1n) is 19.4. The second kappa shape index (κ2) is 16.9. The van der Waals surface area contributed by atoms with Crippen LogP contribution in [0.25, 0.3) is 5.70 Å². The zero-order valence-corrected chi connectivity index (χ0v) is 31.3. The number of para-hydroxylation sites is 1. The molecule has 0 spiro atoms. The lowest BCUT2D eigenvalue weighted by molar-refractivity contribution is -0.306. The van der Waals surface area contributed by atoms with E-state index in [0.717, 1.165) is 74.6 Å². The lowest BCUT2D eigenvalue weighted by Gasteiger charge is -2.38. The van der Waals surface area contributed by atoms with Crippen LogP contribution < -0.4 is 37.5 Å². The van der Waals surface area contributed by atoms with E-state index in [2.05, 4.69) is 50.4 Å². The van der Waals surface area contributed by atoms with Crippen LogP contribution in [0.3, 0.4) is 0 Å². The molecule has 4 fully saturated rings. The van der Waals surface area contributed by atoms with Gasteiger partial charge in [-0.15, -0.1) is 0 Å². The maximum Gasteiger partial charge on any atom is 0.249 e. The minimum absolute atomic E-state index is 0.0450. The highest BCUT2D eigenvalue weighted by Crippen LogP contribution is 2.39. The maximum atomic E-state index is 13.3. The van der Waals surface area contributed by atoms with E-state index in [1.54, 1.807) is 18.2 Å². The minimum atomic E-state index is -0.393. The molecule has 0 radical (unpaired) electrons. The van der Waals surface area contributed by atoms with Gasteiger partial charge in [0.25, 0.3) is 0 Å². The number of carbonyl (C=O) groups excluding carboxylic acids is 3. The Balaban J connectivity index is 0.829. The third-order valence-corrected chi connectivity index (χ3v) is 11.5. The number of quaternary nitrogens is 1. The number of nitrogens with one attached hydrogen (secondary N) is 2. The van der Waals surface area contributed by atoms with Crippen LogP contribution in [0.15, 0.2) is 90.3 Å². The van der Waals surface area contributed by atoms with Crippen molar-refractivity contribution in [2.75, 3.05) is 56.0 Å². The number of phenolic OH excluding ortho intramolecular Hbond substituents is 1. The van der Waals surface area contributed by atoms with Gasteiger partial charge >= 0.3 is 0 Å². The molecule has 3 aromatic carbocycles. The van der Waals surface area contributed by atoms with Crippen molar-refractivity contribution in [3.63, 3.8) is 0 Å². The second-order valence-electron chi connectivity index (χ2n) is 15.2. The fourth-order valence-corrected chi connectivity index (χ4v) is 8.11. The number of carbonyl (C=O) groups is 3. The number of nitrogens with zero attached hydrogens (tertiary/aromatic N) is 3. The summed E-state index contributed by atoms with van der Waals surface area (Å²) < 4.78 is 6.37. The highest BCUT2D eigenvalue weighted by atomic mass is 16.5. The number of amides is 3. The van der Waals surface area contributed by atoms with Crippen molar-refractivity contribution in [2.24, 2.45) is 17.4 Å². The first-order chi connectivity index (χ1) is 26.6. The average molecular weight is 750 g/mol. The molecule has 4 aliphatic rings.